The molecule has 0 saturated carbocycles. The van der Waals surface area contributed by atoms with Gasteiger partial charge in [-0.05, 0) is 23.6 Å². The topological polar surface area (TPSA) is 42.0 Å². The van der Waals surface area contributed by atoms with Crippen LogP contribution in [0.4, 0.5) is 5.69 Å². The summed E-state index contributed by atoms with van der Waals surface area (Å²) in [7, 11) is 0. The molecule has 0 aliphatic carbocycles. The van der Waals surface area contributed by atoms with E-state index in [0.29, 0.717) is 19.2 Å². The molecule has 5 rings (SSSR count). The Balaban J connectivity index is 1.43. The number of nitrogens with zero attached hydrogens (tertiary/aromatic N) is 2. The molecule has 27 heavy (non-hydrogen) atoms. The molecule has 1 spiro atoms. The van der Waals surface area contributed by atoms with Gasteiger partial charge in [0.25, 0.3) is 11.7 Å². The highest BCUT2D eigenvalue weighted by Crippen LogP contribution is 2.47. The lowest BCUT2D eigenvalue weighted by Crippen LogP contribution is -2.47. The first-order valence-electron chi connectivity index (χ1n) is 9.29. The normalized spacial score (nSPS) is 27.2. The number of carbonyl (C=O) groups is 1. The van der Waals surface area contributed by atoms with Crippen LogP contribution in [-0.4, -0.2) is 42.6 Å². The van der Waals surface area contributed by atoms with Gasteiger partial charge in [-0.25, -0.2) is 0 Å². The second-order valence-corrected chi connectivity index (χ2v) is 7.59. The summed E-state index contributed by atoms with van der Waals surface area (Å²) in [6.07, 6.45) is 0.720. The zero-order valence-electron chi connectivity index (χ0n) is 14.9. The van der Waals surface area contributed by atoms with Crippen molar-refractivity contribution in [3.05, 3.63) is 65.2 Å². The molecule has 1 fully saturated rings. The van der Waals surface area contributed by atoms with Crippen LogP contribution >= 0.6 is 11.6 Å². The van der Waals surface area contributed by atoms with Gasteiger partial charge in [0.2, 0.25) is 0 Å². The Morgan fingerprint density at radius 2 is 1.89 bits per heavy atom. The summed E-state index contributed by atoms with van der Waals surface area (Å²) in [4.78, 5) is 17.5. The molecule has 2 unspecified atom stereocenters. The van der Waals surface area contributed by atoms with E-state index in [9.17, 15) is 4.79 Å². The van der Waals surface area contributed by atoms with E-state index in [0.717, 1.165) is 30.8 Å². The van der Waals surface area contributed by atoms with E-state index in [2.05, 4.69) is 29.2 Å². The molecule has 1 amide bonds. The Morgan fingerprint density at radius 3 is 2.70 bits per heavy atom. The number of para-hydroxylation sites is 1. The highest BCUT2D eigenvalue weighted by molar-refractivity contribution is 6.18. The van der Waals surface area contributed by atoms with Gasteiger partial charge in [-0.15, -0.1) is 11.6 Å². The van der Waals surface area contributed by atoms with Gasteiger partial charge >= 0.3 is 0 Å². The van der Waals surface area contributed by atoms with Crippen molar-refractivity contribution in [2.75, 3.05) is 30.6 Å². The summed E-state index contributed by atoms with van der Waals surface area (Å²) in [6.45, 7) is 2.60. The predicted octanol–water partition coefficient (Wildman–Crippen LogP) is 2.86. The lowest BCUT2D eigenvalue weighted by Gasteiger charge is -2.32. The standard InChI is InChI=1S/C21H21ClN2O3/c22-11-17-13-26-21(27-17)18-7-3-4-8-19(18)24(20(21)25)14-23-10-9-15-5-1-2-6-16(15)12-23/h1-8,17H,9-14H2. The first-order valence-corrected chi connectivity index (χ1v) is 9.83. The number of halogens is 1. The molecule has 6 heteroatoms. The predicted molar refractivity (Wildman–Crippen MR) is 103 cm³/mol. The van der Waals surface area contributed by atoms with Crippen molar-refractivity contribution in [1.82, 2.24) is 4.90 Å². The van der Waals surface area contributed by atoms with Crippen LogP contribution in [0.5, 0.6) is 0 Å². The van der Waals surface area contributed by atoms with Crippen molar-refractivity contribution >= 4 is 23.2 Å². The van der Waals surface area contributed by atoms with Gasteiger partial charge in [-0.3, -0.25) is 14.6 Å². The smallest absolute Gasteiger partial charge is 0.293 e. The first-order chi connectivity index (χ1) is 13.2. The van der Waals surface area contributed by atoms with Gasteiger partial charge < -0.3 is 9.47 Å². The number of anilines is 1. The Kier molecular flexibility index (Phi) is 4.20. The molecule has 0 aromatic heterocycles. The molecule has 0 radical (unpaired) electrons. The molecular formula is C21H21ClN2O3. The summed E-state index contributed by atoms with van der Waals surface area (Å²) in [5.74, 6) is -1.19. The number of alkyl halides is 1. The fourth-order valence-electron chi connectivity index (χ4n) is 4.25. The van der Waals surface area contributed by atoms with Crippen molar-refractivity contribution in [2.24, 2.45) is 0 Å². The van der Waals surface area contributed by atoms with Crippen LogP contribution in [0.25, 0.3) is 0 Å². The summed E-state index contributed by atoms with van der Waals surface area (Å²) in [6, 6.07) is 16.2. The van der Waals surface area contributed by atoms with Crippen LogP contribution in [0.1, 0.15) is 16.7 Å². The number of hydrogen-bond acceptors (Lipinski definition) is 4. The van der Waals surface area contributed by atoms with E-state index in [1.807, 2.05) is 24.3 Å². The third-order valence-corrected chi connectivity index (χ3v) is 5.95. The molecule has 3 aliphatic heterocycles. The van der Waals surface area contributed by atoms with E-state index in [4.69, 9.17) is 21.1 Å². The van der Waals surface area contributed by atoms with Crippen LogP contribution in [0.3, 0.4) is 0 Å². The van der Waals surface area contributed by atoms with Crippen LogP contribution in [-0.2, 0) is 33.0 Å². The van der Waals surface area contributed by atoms with Crippen LogP contribution < -0.4 is 4.90 Å². The Hall–Kier alpha value is -1.92. The zero-order chi connectivity index (χ0) is 18.4. The molecule has 3 heterocycles. The van der Waals surface area contributed by atoms with Crippen LogP contribution in [0.15, 0.2) is 48.5 Å². The second-order valence-electron chi connectivity index (χ2n) is 7.28. The maximum absolute atomic E-state index is 13.4. The summed E-state index contributed by atoms with van der Waals surface area (Å²) < 4.78 is 11.9. The fraction of sp³-hybridized carbons (Fsp3) is 0.381. The van der Waals surface area contributed by atoms with Gasteiger partial charge in [-0.1, -0.05) is 42.5 Å². The van der Waals surface area contributed by atoms with Gasteiger partial charge in [0.15, 0.2) is 0 Å². The average molecular weight is 385 g/mol. The van der Waals surface area contributed by atoms with Gasteiger partial charge in [0.1, 0.15) is 0 Å². The minimum Gasteiger partial charge on any atom is -0.336 e. The monoisotopic (exact) mass is 384 g/mol. The maximum Gasteiger partial charge on any atom is 0.293 e. The lowest BCUT2D eigenvalue weighted by atomic mass is 10.0. The van der Waals surface area contributed by atoms with E-state index in [-0.39, 0.29) is 12.0 Å². The highest BCUT2D eigenvalue weighted by Gasteiger charge is 2.58. The summed E-state index contributed by atoms with van der Waals surface area (Å²) >= 11 is 5.95. The Morgan fingerprint density at radius 1 is 1.11 bits per heavy atom. The highest BCUT2D eigenvalue weighted by atomic mass is 35.5. The molecule has 1 saturated heterocycles. The number of ether oxygens (including phenoxy) is 2. The van der Waals surface area contributed by atoms with Crippen molar-refractivity contribution in [1.29, 1.82) is 0 Å². The zero-order valence-corrected chi connectivity index (χ0v) is 15.7. The number of amides is 1. The van der Waals surface area contributed by atoms with Crippen molar-refractivity contribution in [3.8, 4) is 0 Å². The molecule has 0 N–H and O–H groups in total. The average Bonchev–Trinajstić information content (AvgIpc) is 3.25. The molecule has 3 aliphatic rings. The van der Waals surface area contributed by atoms with E-state index >= 15 is 0 Å². The largest absolute Gasteiger partial charge is 0.336 e. The molecule has 0 bridgehead atoms. The molecule has 2 aromatic carbocycles. The van der Waals surface area contributed by atoms with Crippen LogP contribution in [0, 0.1) is 0 Å². The molecule has 140 valence electrons. The Labute approximate surface area is 163 Å². The molecule has 2 atom stereocenters. The molecule has 5 nitrogen and oxygen atoms in total. The minimum absolute atomic E-state index is 0.157. The number of fused-ring (bicyclic) bond motifs is 3. The first kappa shape index (κ1) is 17.2. The quantitative estimate of drug-likeness (QED) is 0.763. The molecular weight excluding hydrogens is 364 g/mol. The van der Waals surface area contributed by atoms with Gasteiger partial charge in [-0.2, -0.15) is 0 Å². The molecule has 2 aromatic rings. The lowest BCUT2D eigenvalue weighted by molar-refractivity contribution is -0.185. The Bertz CT molecular complexity index is 889. The maximum atomic E-state index is 13.4. The van der Waals surface area contributed by atoms with Crippen molar-refractivity contribution in [3.63, 3.8) is 0 Å². The summed E-state index contributed by atoms with van der Waals surface area (Å²) in [5, 5.41) is 0. The number of carbonyl (C=O) groups excluding carboxylic acids is 1. The number of hydrogen-bond donors (Lipinski definition) is 0. The van der Waals surface area contributed by atoms with Gasteiger partial charge in [0, 0.05) is 18.7 Å². The minimum atomic E-state index is -1.34. The van der Waals surface area contributed by atoms with Crippen LogP contribution in [0.2, 0.25) is 0 Å². The third-order valence-electron chi connectivity index (χ3n) is 5.60. The van der Waals surface area contributed by atoms with Gasteiger partial charge in [0.05, 0.1) is 30.9 Å². The number of benzene rings is 2. The van der Waals surface area contributed by atoms with Crippen molar-refractivity contribution in [2.45, 2.75) is 24.9 Å². The van der Waals surface area contributed by atoms with E-state index in [1.54, 1.807) is 4.90 Å². The fourth-order valence-corrected chi connectivity index (χ4v) is 4.40. The number of rotatable bonds is 3. The SMILES string of the molecule is O=C1N(CN2CCc3ccccc3C2)c2ccccc2C12OCC(CCl)O2. The van der Waals surface area contributed by atoms with E-state index in [1.165, 1.54) is 11.1 Å². The third kappa shape index (κ3) is 2.69. The summed E-state index contributed by atoms with van der Waals surface area (Å²) in [5.41, 5.74) is 4.36. The van der Waals surface area contributed by atoms with Crippen molar-refractivity contribution < 1.29 is 14.3 Å². The second kappa shape index (κ2) is 6.60. The van der Waals surface area contributed by atoms with E-state index < -0.39 is 5.79 Å².